The van der Waals surface area contributed by atoms with E-state index in [-0.39, 0.29) is 22.7 Å². The van der Waals surface area contributed by atoms with Crippen molar-refractivity contribution in [3.63, 3.8) is 0 Å². The topological polar surface area (TPSA) is 75.7 Å². The van der Waals surface area contributed by atoms with Gasteiger partial charge >= 0.3 is 0 Å². The number of nitrogens with zero attached hydrogens (tertiary/aromatic N) is 1. The molecule has 0 aliphatic carbocycles. The molecule has 0 saturated heterocycles. The number of carbonyl (C=O) groups excluding carboxylic acids is 1. The molecule has 2 atom stereocenters. The molecule has 2 aromatic carbocycles. The lowest BCUT2D eigenvalue weighted by atomic mass is 10.1. The molecular weight excluding hydrogens is 395 g/mol. The van der Waals surface area contributed by atoms with E-state index >= 15 is 0 Å². The van der Waals surface area contributed by atoms with Crippen molar-refractivity contribution in [3.05, 3.63) is 59.9 Å². The second-order valence-corrected chi connectivity index (χ2v) is 8.54. The Morgan fingerprint density at radius 2 is 1.59 bits per heavy atom. The Bertz CT molecular complexity index is 911. The van der Waals surface area contributed by atoms with Crippen LogP contribution in [0.2, 0.25) is 0 Å². The van der Waals surface area contributed by atoms with Gasteiger partial charge in [0.1, 0.15) is 11.6 Å². The van der Waals surface area contributed by atoms with E-state index in [2.05, 4.69) is 5.32 Å². The molecule has 0 radical (unpaired) electrons. The van der Waals surface area contributed by atoms with Gasteiger partial charge in [0.05, 0.1) is 10.9 Å². The third-order valence-corrected chi connectivity index (χ3v) is 6.64. The molecule has 0 bridgehead atoms. The van der Waals surface area contributed by atoms with E-state index in [1.54, 1.807) is 52.0 Å². The number of sulfonamides is 1. The minimum Gasteiger partial charge on any atom is -0.481 e. The smallest absolute Gasteiger partial charge is 0.261 e. The van der Waals surface area contributed by atoms with Crippen molar-refractivity contribution in [2.75, 3.05) is 13.1 Å². The first kappa shape index (κ1) is 22.8. The standard InChI is InChI=1S/C21H27FN2O4S/c1-5-24(6-2)29(26,27)20-13-7-17(8-14-20)15(3)23-21(25)16(4)28-19-11-9-18(22)10-12-19/h7-16H,5-6H2,1-4H3,(H,23,25). The fraction of sp³-hybridized carbons (Fsp3) is 0.381. The number of nitrogens with one attached hydrogen (secondary N) is 1. The molecule has 0 spiro atoms. The number of hydrogen-bond donors (Lipinski definition) is 1. The van der Waals surface area contributed by atoms with Crippen molar-refractivity contribution in [1.29, 1.82) is 0 Å². The zero-order valence-electron chi connectivity index (χ0n) is 17.1. The highest BCUT2D eigenvalue weighted by Crippen LogP contribution is 2.20. The number of ether oxygens (including phenoxy) is 1. The largest absolute Gasteiger partial charge is 0.481 e. The Morgan fingerprint density at radius 1 is 1.03 bits per heavy atom. The van der Waals surface area contributed by atoms with Crippen molar-refractivity contribution in [3.8, 4) is 5.75 Å². The summed E-state index contributed by atoms with van der Waals surface area (Å²) in [5, 5.41) is 2.83. The van der Waals surface area contributed by atoms with Gasteiger partial charge in [-0.3, -0.25) is 4.79 Å². The first-order valence-corrected chi connectivity index (χ1v) is 11.0. The summed E-state index contributed by atoms with van der Waals surface area (Å²) in [7, 11) is -3.52. The van der Waals surface area contributed by atoms with Crippen LogP contribution in [0.4, 0.5) is 4.39 Å². The van der Waals surface area contributed by atoms with E-state index < -0.39 is 16.1 Å². The first-order valence-electron chi connectivity index (χ1n) is 9.51. The van der Waals surface area contributed by atoms with Crippen LogP contribution >= 0.6 is 0 Å². The van der Waals surface area contributed by atoms with Crippen LogP contribution in [0.25, 0.3) is 0 Å². The number of rotatable bonds is 9. The molecule has 8 heteroatoms. The van der Waals surface area contributed by atoms with Gasteiger partial charge < -0.3 is 10.1 Å². The normalized spacial score (nSPS) is 13.7. The number of amides is 1. The molecule has 0 aromatic heterocycles. The van der Waals surface area contributed by atoms with Gasteiger partial charge in [-0.2, -0.15) is 4.31 Å². The summed E-state index contributed by atoms with van der Waals surface area (Å²) in [6.07, 6.45) is -0.773. The fourth-order valence-corrected chi connectivity index (χ4v) is 4.28. The fourth-order valence-electron chi connectivity index (χ4n) is 2.83. The van der Waals surface area contributed by atoms with E-state index in [9.17, 15) is 17.6 Å². The zero-order chi connectivity index (χ0) is 21.6. The molecule has 0 saturated carbocycles. The van der Waals surface area contributed by atoms with Crippen LogP contribution in [0.15, 0.2) is 53.4 Å². The minimum absolute atomic E-state index is 0.219. The molecule has 158 valence electrons. The third kappa shape index (κ3) is 5.77. The molecule has 0 aliphatic rings. The average Bonchev–Trinajstić information content (AvgIpc) is 2.70. The summed E-state index contributed by atoms with van der Waals surface area (Å²) < 4.78 is 45.0. The molecule has 2 aromatic rings. The summed E-state index contributed by atoms with van der Waals surface area (Å²) in [4.78, 5) is 12.6. The monoisotopic (exact) mass is 422 g/mol. The predicted molar refractivity (Wildman–Crippen MR) is 110 cm³/mol. The highest BCUT2D eigenvalue weighted by Gasteiger charge is 2.22. The molecule has 0 fully saturated rings. The Morgan fingerprint density at radius 3 is 2.10 bits per heavy atom. The zero-order valence-corrected chi connectivity index (χ0v) is 17.9. The van der Waals surface area contributed by atoms with Gasteiger partial charge in [0.2, 0.25) is 10.0 Å². The van der Waals surface area contributed by atoms with Crippen LogP contribution in [-0.4, -0.2) is 37.8 Å². The third-order valence-electron chi connectivity index (χ3n) is 4.58. The Balaban J connectivity index is 2.02. The van der Waals surface area contributed by atoms with E-state index in [1.165, 1.54) is 28.6 Å². The molecular formula is C21H27FN2O4S. The average molecular weight is 423 g/mol. The summed E-state index contributed by atoms with van der Waals surface area (Å²) in [6, 6.07) is 11.6. The molecule has 29 heavy (non-hydrogen) atoms. The number of carbonyl (C=O) groups is 1. The summed E-state index contributed by atoms with van der Waals surface area (Å²) in [5.41, 5.74) is 0.769. The molecule has 0 heterocycles. The first-order chi connectivity index (χ1) is 13.7. The minimum atomic E-state index is -3.52. The van der Waals surface area contributed by atoms with Crippen LogP contribution in [0.5, 0.6) is 5.75 Å². The van der Waals surface area contributed by atoms with Crippen LogP contribution in [0.3, 0.4) is 0 Å². The van der Waals surface area contributed by atoms with Gasteiger partial charge in [-0.25, -0.2) is 12.8 Å². The van der Waals surface area contributed by atoms with Gasteiger partial charge in [0, 0.05) is 13.1 Å². The van der Waals surface area contributed by atoms with E-state index in [0.29, 0.717) is 18.8 Å². The van der Waals surface area contributed by atoms with Gasteiger partial charge in [-0.05, 0) is 55.8 Å². The van der Waals surface area contributed by atoms with Crippen LogP contribution in [-0.2, 0) is 14.8 Å². The number of benzene rings is 2. The van der Waals surface area contributed by atoms with Crippen LogP contribution < -0.4 is 10.1 Å². The summed E-state index contributed by atoms with van der Waals surface area (Å²) >= 11 is 0. The predicted octanol–water partition coefficient (Wildman–Crippen LogP) is 3.50. The second-order valence-electron chi connectivity index (χ2n) is 6.60. The SMILES string of the molecule is CCN(CC)S(=O)(=O)c1ccc(C(C)NC(=O)C(C)Oc2ccc(F)cc2)cc1. The quantitative estimate of drug-likeness (QED) is 0.671. The van der Waals surface area contributed by atoms with Crippen molar-refractivity contribution < 1.29 is 22.3 Å². The number of hydrogen-bond acceptors (Lipinski definition) is 4. The molecule has 2 rings (SSSR count). The summed E-state index contributed by atoms with van der Waals surface area (Å²) in [6.45, 7) is 7.80. The van der Waals surface area contributed by atoms with Gasteiger partial charge in [-0.15, -0.1) is 0 Å². The lowest BCUT2D eigenvalue weighted by Crippen LogP contribution is -2.37. The maximum absolute atomic E-state index is 13.0. The van der Waals surface area contributed by atoms with E-state index in [0.717, 1.165) is 5.56 Å². The second kappa shape index (κ2) is 9.84. The highest BCUT2D eigenvalue weighted by molar-refractivity contribution is 7.89. The van der Waals surface area contributed by atoms with Crippen LogP contribution in [0, 0.1) is 5.82 Å². The van der Waals surface area contributed by atoms with Crippen molar-refractivity contribution in [2.45, 2.75) is 44.7 Å². The van der Waals surface area contributed by atoms with E-state index in [1.807, 2.05) is 0 Å². The van der Waals surface area contributed by atoms with Crippen molar-refractivity contribution in [2.24, 2.45) is 0 Å². The molecule has 1 N–H and O–H groups in total. The summed E-state index contributed by atoms with van der Waals surface area (Å²) in [5.74, 6) is -0.316. The van der Waals surface area contributed by atoms with Crippen LogP contribution in [0.1, 0.15) is 39.3 Å². The Labute approximate surface area is 171 Å². The maximum atomic E-state index is 13.0. The van der Waals surface area contributed by atoms with Crippen molar-refractivity contribution >= 4 is 15.9 Å². The highest BCUT2D eigenvalue weighted by atomic mass is 32.2. The molecule has 0 aliphatic heterocycles. The van der Waals surface area contributed by atoms with Gasteiger partial charge in [0.15, 0.2) is 6.10 Å². The van der Waals surface area contributed by atoms with Gasteiger partial charge in [-0.1, -0.05) is 26.0 Å². The van der Waals surface area contributed by atoms with Gasteiger partial charge in [0.25, 0.3) is 5.91 Å². The maximum Gasteiger partial charge on any atom is 0.261 e. The molecule has 2 unspecified atom stereocenters. The Kier molecular flexibility index (Phi) is 7.75. The Hall–Kier alpha value is -2.45. The van der Waals surface area contributed by atoms with E-state index in [4.69, 9.17) is 4.74 Å². The molecule has 6 nitrogen and oxygen atoms in total. The lowest BCUT2D eigenvalue weighted by molar-refractivity contribution is -0.127. The lowest BCUT2D eigenvalue weighted by Gasteiger charge is -2.20. The number of halogens is 1. The van der Waals surface area contributed by atoms with Crippen molar-refractivity contribution in [1.82, 2.24) is 9.62 Å². The molecule has 1 amide bonds.